The van der Waals surface area contributed by atoms with Crippen molar-refractivity contribution in [2.45, 2.75) is 45.8 Å². The average Bonchev–Trinajstić information content (AvgIpc) is 2.43. The van der Waals surface area contributed by atoms with Gasteiger partial charge in [0.1, 0.15) is 11.4 Å². The zero-order valence-corrected chi connectivity index (χ0v) is 14.2. The quantitative estimate of drug-likeness (QED) is 0.698. The molecule has 1 aromatic rings. The maximum Gasteiger partial charge on any atom is 0.418 e. The second kappa shape index (κ2) is 4.80. The van der Waals surface area contributed by atoms with Gasteiger partial charge in [-0.1, -0.05) is 15.9 Å². The molecule has 0 aliphatic carbocycles. The fraction of sp³-hybridized carbons (Fsp3) is 0.467. The van der Waals surface area contributed by atoms with Gasteiger partial charge in [0.25, 0.3) is 5.91 Å². The summed E-state index contributed by atoms with van der Waals surface area (Å²) in [5.41, 5.74) is -1.32. The Balaban J connectivity index is 2.51. The SMILES string of the molecule is CC(C)(C)OC(=O)N1C(=O)c2c(F)cc(Br)cc2C1(C)C. The molecule has 1 aliphatic rings. The van der Waals surface area contributed by atoms with Crippen molar-refractivity contribution < 1.29 is 18.7 Å². The summed E-state index contributed by atoms with van der Waals surface area (Å²) >= 11 is 3.21. The molecule has 2 rings (SSSR count). The minimum atomic E-state index is -0.973. The van der Waals surface area contributed by atoms with Crippen LogP contribution < -0.4 is 0 Å². The van der Waals surface area contributed by atoms with Crippen LogP contribution in [0.4, 0.5) is 9.18 Å². The van der Waals surface area contributed by atoms with E-state index in [0.717, 1.165) is 4.90 Å². The van der Waals surface area contributed by atoms with Crippen molar-refractivity contribution >= 4 is 27.9 Å². The minimum absolute atomic E-state index is 0.0749. The number of imide groups is 1. The van der Waals surface area contributed by atoms with Crippen LogP contribution in [0.2, 0.25) is 0 Å². The molecular formula is C15H17BrFNO3. The van der Waals surface area contributed by atoms with Gasteiger partial charge in [-0.05, 0) is 52.3 Å². The molecule has 114 valence electrons. The number of fused-ring (bicyclic) bond motifs is 1. The van der Waals surface area contributed by atoms with Crippen LogP contribution in [-0.2, 0) is 10.3 Å². The molecule has 1 aliphatic heterocycles. The Hall–Kier alpha value is -1.43. The maximum atomic E-state index is 14.1. The first-order valence-corrected chi connectivity index (χ1v) is 7.31. The molecule has 0 saturated heterocycles. The van der Waals surface area contributed by atoms with Gasteiger partial charge < -0.3 is 4.74 Å². The van der Waals surface area contributed by atoms with Gasteiger partial charge in [-0.2, -0.15) is 0 Å². The average molecular weight is 358 g/mol. The molecule has 0 spiro atoms. The fourth-order valence-corrected chi connectivity index (χ4v) is 2.81. The third-order valence-electron chi connectivity index (χ3n) is 3.27. The molecule has 0 unspecified atom stereocenters. The number of hydrogen-bond donors (Lipinski definition) is 0. The van der Waals surface area contributed by atoms with E-state index in [1.165, 1.54) is 6.07 Å². The molecule has 0 N–H and O–H groups in total. The van der Waals surface area contributed by atoms with Gasteiger partial charge in [-0.25, -0.2) is 14.1 Å². The van der Waals surface area contributed by atoms with Crippen LogP contribution in [0.15, 0.2) is 16.6 Å². The summed E-state index contributed by atoms with van der Waals surface area (Å²) in [6.45, 7) is 8.51. The molecular weight excluding hydrogens is 341 g/mol. The lowest BCUT2D eigenvalue weighted by atomic mass is 9.94. The van der Waals surface area contributed by atoms with Gasteiger partial charge in [0.05, 0.1) is 11.1 Å². The van der Waals surface area contributed by atoms with E-state index in [9.17, 15) is 14.0 Å². The van der Waals surface area contributed by atoms with E-state index in [2.05, 4.69) is 15.9 Å². The van der Waals surface area contributed by atoms with Crippen LogP contribution in [0, 0.1) is 5.82 Å². The van der Waals surface area contributed by atoms with Crippen LogP contribution in [0.25, 0.3) is 0 Å². The van der Waals surface area contributed by atoms with E-state index in [4.69, 9.17) is 4.74 Å². The Morgan fingerprint density at radius 2 is 1.90 bits per heavy atom. The highest BCUT2D eigenvalue weighted by Gasteiger charge is 2.49. The predicted octanol–water partition coefficient (Wildman–Crippen LogP) is 4.21. The lowest BCUT2D eigenvalue weighted by Gasteiger charge is -2.32. The number of hydrogen-bond acceptors (Lipinski definition) is 3. The van der Waals surface area contributed by atoms with E-state index < -0.39 is 29.0 Å². The van der Waals surface area contributed by atoms with Crippen molar-refractivity contribution in [1.29, 1.82) is 0 Å². The van der Waals surface area contributed by atoms with Gasteiger partial charge >= 0.3 is 6.09 Å². The van der Waals surface area contributed by atoms with Crippen molar-refractivity contribution in [3.8, 4) is 0 Å². The number of ether oxygens (including phenoxy) is 1. The lowest BCUT2D eigenvalue weighted by Crippen LogP contribution is -2.46. The largest absolute Gasteiger partial charge is 0.443 e. The highest BCUT2D eigenvalue weighted by atomic mass is 79.9. The lowest BCUT2D eigenvalue weighted by molar-refractivity contribution is 0.00934. The summed E-state index contributed by atoms with van der Waals surface area (Å²) in [5.74, 6) is -1.32. The second-order valence-corrected chi connectivity index (χ2v) is 7.41. The van der Waals surface area contributed by atoms with Gasteiger partial charge in [0.15, 0.2) is 0 Å². The van der Waals surface area contributed by atoms with Gasteiger partial charge in [-0.3, -0.25) is 4.79 Å². The van der Waals surface area contributed by atoms with Crippen LogP contribution in [0.3, 0.4) is 0 Å². The third kappa shape index (κ3) is 2.69. The minimum Gasteiger partial charge on any atom is -0.443 e. The summed E-state index contributed by atoms with van der Waals surface area (Å²) in [6, 6.07) is 2.87. The van der Waals surface area contributed by atoms with Gasteiger partial charge in [-0.15, -0.1) is 0 Å². The molecule has 4 nitrogen and oxygen atoms in total. The normalized spacial score (nSPS) is 16.9. The molecule has 0 bridgehead atoms. The predicted molar refractivity (Wildman–Crippen MR) is 79.5 cm³/mol. The molecule has 0 radical (unpaired) electrons. The van der Waals surface area contributed by atoms with Crippen LogP contribution in [0.1, 0.15) is 50.5 Å². The number of nitrogens with zero attached hydrogens (tertiary/aromatic N) is 1. The second-order valence-electron chi connectivity index (χ2n) is 6.49. The summed E-state index contributed by atoms with van der Waals surface area (Å²) in [7, 11) is 0. The van der Waals surface area contributed by atoms with E-state index in [1.807, 2.05) is 0 Å². The van der Waals surface area contributed by atoms with Gasteiger partial charge in [0.2, 0.25) is 0 Å². The van der Waals surface area contributed by atoms with Crippen molar-refractivity contribution in [2.24, 2.45) is 0 Å². The number of carbonyl (C=O) groups is 2. The first-order valence-electron chi connectivity index (χ1n) is 6.52. The monoisotopic (exact) mass is 357 g/mol. The number of halogens is 2. The molecule has 0 atom stereocenters. The zero-order valence-electron chi connectivity index (χ0n) is 12.6. The summed E-state index contributed by atoms with van der Waals surface area (Å²) in [5, 5.41) is 0. The molecule has 6 heteroatoms. The molecule has 0 saturated carbocycles. The van der Waals surface area contributed by atoms with Crippen LogP contribution in [0.5, 0.6) is 0 Å². The van der Waals surface area contributed by atoms with Crippen LogP contribution >= 0.6 is 15.9 Å². The Morgan fingerprint density at radius 3 is 2.43 bits per heavy atom. The van der Waals surface area contributed by atoms with E-state index >= 15 is 0 Å². The highest BCUT2D eigenvalue weighted by molar-refractivity contribution is 9.10. The number of benzene rings is 1. The van der Waals surface area contributed by atoms with E-state index in [0.29, 0.717) is 10.0 Å². The van der Waals surface area contributed by atoms with Crippen molar-refractivity contribution in [1.82, 2.24) is 4.90 Å². The van der Waals surface area contributed by atoms with Crippen molar-refractivity contribution in [3.05, 3.63) is 33.5 Å². The number of amides is 2. The zero-order chi connectivity index (χ0) is 16.2. The first-order chi connectivity index (χ1) is 9.45. The Morgan fingerprint density at radius 1 is 1.33 bits per heavy atom. The molecule has 0 aromatic heterocycles. The molecule has 21 heavy (non-hydrogen) atoms. The van der Waals surface area contributed by atoms with E-state index in [1.54, 1.807) is 40.7 Å². The maximum absolute atomic E-state index is 14.1. The standard InChI is InChI=1S/C15H17BrFNO3/c1-14(2,3)21-13(20)18-12(19)11-9(15(18,4)5)6-8(16)7-10(11)17/h6-7H,1-5H3. The van der Waals surface area contributed by atoms with Crippen molar-refractivity contribution in [2.75, 3.05) is 0 Å². The Bertz CT molecular complexity index is 635. The Labute approximate surface area is 131 Å². The Kier molecular flexibility index (Phi) is 3.64. The van der Waals surface area contributed by atoms with Crippen molar-refractivity contribution in [3.63, 3.8) is 0 Å². The summed E-state index contributed by atoms with van der Waals surface area (Å²) < 4.78 is 19.9. The third-order valence-corrected chi connectivity index (χ3v) is 3.72. The summed E-state index contributed by atoms with van der Waals surface area (Å²) in [4.78, 5) is 25.7. The summed E-state index contributed by atoms with van der Waals surface area (Å²) in [6.07, 6.45) is -0.774. The molecule has 1 heterocycles. The topological polar surface area (TPSA) is 46.6 Å². The number of rotatable bonds is 0. The molecule has 1 aromatic carbocycles. The smallest absolute Gasteiger partial charge is 0.418 e. The molecule has 2 amide bonds. The van der Waals surface area contributed by atoms with E-state index in [-0.39, 0.29) is 5.56 Å². The highest BCUT2D eigenvalue weighted by Crippen LogP contribution is 2.41. The van der Waals surface area contributed by atoms with Crippen LogP contribution in [-0.4, -0.2) is 22.5 Å². The fourth-order valence-electron chi connectivity index (χ4n) is 2.38. The molecule has 0 fully saturated rings. The van der Waals surface area contributed by atoms with Gasteiger partial charge in [0, 0.05) is 4.47 Å². The number of carbonyl (C=O) groups excluding carboxylic acids is 2. The first kappa shape index (κ1) is 15.9.